The lowest BCUT2D eigenvalue weighted by molar-refractivity contribution is 0.112. The minimum Gasteiger partial charge on any atom is -0.485 e. The van der Waals surface area contributed by atoms with E-state index in [0.717, 1.165) is 17.1 Å². The molecule has 0 atom stereocenters. The van der Waals surface area contributed by atoms with E-state index in [0.29, 0.717) is 11.3 Å². The Labute approximate surface area is 113 Å². The van der Waals surface area contributed by atoms with E-state index in [4.69, 9.17) is 9.15 Å². The molecule has 0 aliphatic rings. The number of hydrogen-bond acceptors (Lipinski definition) is 5. The number of hydrogen-bond donors (Lipinski definition) is 0. The van der Waals surface area contributed by atoms with Crippen LogP contribution in [-0.2, 0) is 6.61 Å². The van der Waals surface area contributed by atoms with Gasteiger partial charge in [0.15, 0.2) is 12.0 Å². The van der Waals surface area contributed by atoms with E-state index in [1.807, 2.05) is 30.3 Å². The van der Waals surface area contributed by atoms with E-state index in [1.54, 1.807) is 6.07 Å². The van der Waals surface area contributed by atoms with E-state index < -0.39 is 5.82 Å². The molecule has 1 aromatic heterocycles. The standard InChI is InChI=1S/C15H10O5/c16-7-13-12-4-2-1-3-10(12)5-6-14(13)18-8-11-9-19-15(17)20-11/h1-7,9H,8H2. The first-order chi connectivity index (χ1) is 9.78. The Morgan fingerprint density at radius 1 is 1.15 bits per heavy atom. The molecule has 20 heavy (non-hydrogen) atoms. The van der Waals surface area contributed by atoms with Crippen LogP contribution < -0.4 is 10.6 Å². The van der Waals surface area contributed by atoms with Crippen LogP contribution in [0.5, 0.6) is 5.75 Å². The summed E-state index contributed by atoms with van der Waals surface area (Å²) < 4.78 is 14.8. The minimum absolute atomic E-state index is 0.0188. The van der Waals surface area contributed by atoms with Gasteiger partial charge in [-0.15, -0.1) is 0 Å². The maximum atomic E-state index is 11.3. The summed E-state index contributed by atoms with van der Waals surface area (Å²) in [5.74, 6) is -0.0831. The molecule has 0 saturated carbocycles. The zero-order valence-corrected chi connectivity index (χ0v) is 10.4. The first kappa shape index (κ1) is 12.2. The van der Waals surface area contributed by atoms with E-state index >= 15 is 0 Å². The van der Waals surface area contributed by atoms with E-state index in [1.165, 1.54) is 6.26 Å². The maximum Gasteiger partial charge on any atom is 0.518 e. The van der Waals surface area contributed by atoms with Crippen molar-refractivity contribution in [2.45, 2.75) is 6.61 Å². The molecular weight excluding hydrogens is 260 g/mol. The van der Waals surface area contributed by atoms with Crippen LogP contribution in [0.15, 0.2) is 56.3 Å². The van der Waals surface area contributed by atoms with Gasteiger partial charge in [0, 0.05) is 0 Å². The summed E-state index contributed by atoms with van der Waals surface area (Å²) in [6.07, 6.45) is 1.94. The van der Waals surface area contributed by atoms with Crippen molar-refractivity contribution in [3.05, 3.63) is 64.6 Å². The molecule has 0 radical (unpaired) electrons. The number of aldehydes is 1. The molecule has 3 rings (SSSR count). The first-order valence-electron chi connectivity index (χ1n) is 5.95. The maximum absolute atomic E-state index is 11.3. The summed E-state index contributed by atoms with van der Waals surface area (Å²) in [7, 11) is 0. The zero-order chi connectivity index (χ0) is 13.9. The molecular formula is C15H10O5. The van der Waals surface area contributed by atoms with Gasteiger partial charge in [-0.05, 0) is 16.8 Å². The summed E-state index contributed by atoms with van der Waals surface area (Å²) in [5, 5.41) is 1.77. The molecule has 0 spiro atoms. The van der Waals surface area contributed by atoms with Gasteiger partial charge in [0.1, 0.15) is 18.6 Å². The van der Waals surface area contributed by atoms with E-state index in [-0.39, 0.29) is 12.4 Å². The normalized spacial score (nSPS) is 10.6. The molecule has 2 aromatic carbocycles. The molecule has 100 valence electrons. The number of ether oxygens (including phenoxy) is 1. The van der Waals surface area contributed by atoms with Crippen LogP contribution in [0.4, 0.5) is 0 Å². The zero-order valence-electron chi connectivity index (χ0n) is 10.4. The molecule has 1 heterocycles. The molecule has 0 bridgehead atoms. The second-order valence-corrected chi connectivity index (χ2v) is 4.16. The Bertz CT molecular complexity index is 812. The van der Waals surface area contributed by atoms with Crippen molar-refractivity contribution in [1.29, 1.82) is 0 Å². The van der Waals surface area contributed by atoms with Crippen molar-refractivity contribution in [2.24, 2.45) is 0 Å². The van der Waals surface area contributed by atoms with Gasteiger partial charge in [-0.1, -0.05) is 30.3 Å². The van der Waals surface area contributed by atoms with Gasteiger partial charge in [-0.3, -0.25) is 4.79 Å². The lowest BCUT2D eigenvalue weighted by atomic mass is 10.0. The van der Waals surface area contributed by atoms with Crippen LogP contribution in [-0.4, -0.2) is 6.29 Å². The highest BCUT2D eigenvalue weighted by atomic mass is 16.6. The molecule has 0 N–H and O–H groups in total. The predicted octanol–water partition coefficient (Wildman–Crippen LogP) is 2.78. The van der Waals surface area contributed by atoms with Gasteiger partial charge in [-0.25, -0.2) is 4.79 Å². The second-order valence-electron chi connectivity index (χ2n) is 4.16. The van der Waals surface area contributed by atoms with Crippen molar-refractivity contribution < 1.29 is 18.4 Å². The number of carbonyl (C=O) groups excluding carboxylic acids is 1. The Morgan fingerprint density at radius 3 is 2.75 bits per heavy atom. The number of rotatable bonds is 4. The highest BCUT2D eigenvalue weighted by Crippen LogP contribution is 2.27. The summed E-state index contributed by atoms with van der Waals surface area (Å²) >= 11 is 0. The molecule has 5 nitrogen and oxygen atoms in total. The molecule has 0 saturated heterocycles. The molecule has 0 aliphatic heterocycles. The molecule has 0 fully saturated rings. The van der Waals surface area contributed by atoms with Crippen LogP contribution in [0.1, 0.15) is 16.1 Å². The largest absolute Gasteiger partial charge is 0.518 e. The smallest absolute Gasteiger partial charge is 0.485 e. The third-order valence-corrected chi connectivity index (χ3v) is 2.92. The summed E-state index contributed by atoms with van der Waals surface area (Å²) in [4.78, 5) is 22.0. The van der Waals surface area contributed by atoms with Crippen LogP contribution in [0.2, 0.25) is 0 Å². The fraction of sp³-hybridized carbons (Fsp3) is 0.0667. The third kappa shape index (κ3) is 2.21. The van der Waals surface area contributed by atoms with Gasteiger partial charge >= 0.3 is 5.82 Å². The van der Waals surface area contributed by atoms with Crippen LogP contribution in [0, 0.1) is 0 Å². The van der Waals surface area contributed by atoms with Crippen LogP contribution in [0.3, 0.4) is 0 Å². The average Bonchev–Trinajstić information content (AvgIpc) is 2.90. The van der Waals surface area contributed by atoms with Crippen LogP contribution >= 0.6 is 0 Å². The predicted molar refractivity (Wildman–Crippen MR) is 70.9 cm³/mol. The highest BCUT2D eigenvalue weighted by molar-refractivity contribution is 6.00. The lowest BCUT2D eigenvalue weighted by Gasteiger charge is -2.09. The Balaban J connectivity index is 1.94. The number of benzene rings is 2. The Hall–Kier alpha value is -2.82. The first-order valence-corrected chi connectivity index (χ1v) is 5.95. The van der Waals surface area contributed by atoms with Crippen molar-refractivity contribution in [1.82, 2.24) is 0 Å². The van der Waals surface area contributed by atoms with Gasteiger partial charge < -0.3 is 13.6 Å². The fourth-order valence-electron chi connectivity index (χ4n) is 2.00. The summed E-state index contributed by atoms with van der Waals surface area (Å²) in [6.45, 7) is 0.0188. The SMILES string of the molecule is O=Cc1c(OCc2coc(=O)o2)ccc2ccccc12. The average molecular weight is 270 g/mol. The van der Waals surface area contributed by atoms with Gasteiger partial charge in [0.25, 0.3) is 0 Å². The highest BCUT2D eigenvalue weighted by Gasteiger charge is 2.09. The molecule has 0 unspecified atom stereocenters. The lowest BCUT2D eigenvalue weighted by Crippen LogP contribution is -1.98. The minimum atomic E-state index is -0.780. The van der Waals surface area contributed by atoms with Crippen molar-refractivity contribution in [2.75, 3.05) is 0 Å². The number of carbonyl (C=O) groups is 1. The Kier molecular flexibility index (Phi) is 3.09. The van der Waals surface area contributed by atoms with Gasteiger partial charge in [0.2, 0.25) is 0 Å². The fourth-order valence-corrected chi connectivity index (χ4v) is 2.00. The Morgan fingerprint density at radius 2 is 2.00 bits per heavy atom. The van der Waals surface area contributed by atoms with Gasteiger partial charge in [-0.2, -0.15) is 0 Å². The van der Waals surface area contributed by atoms with Gasteiger partial charge in [0.05, 0.1) is 5.56 Å². The topological polar surface area (TPSA) is 69.7 Å². The van der Waals surface area contributed by atoms with Crippen molar-refractivity contribution in [3.63, 3.8) is 0 Å². The van der Waals surface area contributed by atoms with Crippen molar-refractivity contribution >= 4 is 17.1 Å². The molecule has 0 amide bonds. The summed E-state index contributed by atoms with van der Waals surface area (Å²) in [6, 6.07) is 11.1. The third-order valence-electron chi connectivity index (χ3n) is 2.92. The monoisotopic (exact) mass is 270 g/mol. The quantitative estimate of drug-likeness (QED) is 0.682. The number of fused-ring (bicyclic) bond motifs is 1. The second kappa shape index (κ2) is 5.05. The molecule has 0 aliphatic carbocycles. The van der Waals surface area contributed by atoms with E-state index in [9.17, 15) is 9.59 Å². The summed E-state index contributed by atoms with van der Waals surface area (Å²) in [5.41, 5.74) is 0.467. The van der Waals surface area contributed by atoms with E-state index in [2.05, 4.69) is 4.42 Å². The molecule has 5 heteroatoms. The van der Waals surface area contributed by atoms with Crippen LogP contribution in [0.25, 0.3) is 10.8 Å². The molecule has 3 aromatic rings. The van der Waals surface area contributed by atoms with Crippen molar-refractivity contribution in [3.8, 4) is 5.75 Å².